The van der Waals surface area contributed by atoms with E-state index in [0.717, 1.165) is 37.8 Å². The van der Waals surface area contributed by atoms with Gasteiger partial charge in [-0.1, -0.05) is 26.1 Å². The van der Waals surface area contributed by atoms with Crippen molar-refractivity contribution in [2.24, 2.45) is 17.6 Å². The fraction of sp³-hybridized carbons (Fsp3) is 0.818. The summed E-state index contributed by atoms with van der Waals surface area (Å²) < 4.78 is 0. The molecule has 0 saturated carbocycles. The third-order valence-corrected chi connectivity index (χ3v) is 3.30. The fourth-order valence-corrected chi connectivity index (χ4v) is 2.20. The summed E-state index contributed by atoms with van der Waals surface area (Å²) in [4.78, 5) is 13.8. The molecule has 0 atom stereocenters. The molecular weight excluding hydrogens is 208 g/mol. The highest BCUT2D eigenvalue weighted by Gasteiger charge is 2.24. The average molecular weight is 228 g/mol. The summed E-state index contributed by atoms with van der Waals surface area (Å²) in [5.74, 6) is 1.57. The zero-order chi connectivity index (χ0) is 11.4. The number of carbonyl (C=O) groups is 1. The fourth-order valence-electron chi connectivity index (χ4n) is 2.08. The van der Waals surface area contributed by atoms with E-state index in [1.54, 1.807) is 0 Å². The van der Waals surface area contributed by atoms with Crippen LogP contribution >= 0.6 is 12.2 Å². The zero-order valence-corrected chi connectivity index (χ0v) is 10.3. The van der Waals surface area contributed by atoms with E-state index in [4.69, 9.17) is 18.0 Å². The minimum Gasteiger partial charge on any atom is -0.393 e. The minimum absolute atomic E-state index is 0.0877. The largest absolute Gasteiger partial charge is 0.393 e. The van der Waals surface area contributed by atoms with Gasteiger partial charge in [0.1, 0.15) is 0 Å². The van der Waals surface area contributed by atoms with Crippen LogP contribution in [0.4, 0.5) is 0 Å². The van der Waals surface area contributed by atoms with Crippen molar-refractivity contribution in [3.05, 3.63) is 0 Å². The van der Waals surface area contributed by atoms with Gasteiger partial charge in [0.2, 0.25) is 5.91 Å². The van der Waals surface area contributed by atoms with Gasteiger partial charge in [-0.2, -0.15) is 0 Å². The summed E-state index contributed by atoms with van der Waals surface area (Å²) in [5.41, 5.74) is 5.36. The van der Waals surface area contributed by atoms with Crippen LogP contribution in [0.15, 0.2) is 0 Å². The molecular formula is C11H20N2OS. The van der Waals surface area contributed by atoms with Crippen molar-refractivity contribution in [2.75, 3.05) is 13.1 Å². The molecule has 1 saturated heterocycles. The molecule has 3 nitrogen and oxygen atoms in total. The first kappa shape index (κ1) is 12.4. The molecule has 86 valence electrons. The van der Waals surface area contributed by atoms with Gasteiger partial charge in [0.05, 0.1) is 11.4 Å². The Labute approximate surface area is 97.0 Å². The molecule has 1 heterocycles. The maximum atomic E-state index is 11.6. The van der Waals surface area contributed by atoms with Crippen molar-refractivity contribution in [1.82, 2.24) is 4.90 Å². The quantitative estimate of drug-likeness (QED) is 0.746. The lowest BCUT2D eigenvalue weighted by molar-refractivity contribution is -0.131. The molecule has 0 bridgehead atoms. The van der Waals surface area contributed by atoms with Gasteiger partial charge in [0.25, 0.3) is 0 Å². The smallest absolute Gasteiger partial charge is 0.229 e. The normalized spacial score (nSPS) is 18.2. The summed E-state index contributed by atoms with van der Waals surface area (Å²) in [6.07, 6.45) is 2.45. The van der Waals surface area contributed by atoms with E-state index in [2.05, 4.69) is 13.8 Å². The van der Waals surface area contributed by atoms with E-state index < -0.39 is 0 Å². The van der Waals surface area contributed by atoms with E-state index in [1.807, 2.05) is 4.90 Å². The molecule has 1 aliphatic heterocycles. The van der Waals surface area contributed by atoms with Gasteiger partial charge in [0, 0.05) is 13.1 Å². The van der Waals surface area contributed by atoms with Gasteiger partial charge in [-0.25, -0.2) is 0 Å². The second-order valence-corrected chi connectivity index (χ2v) is 5.13. The highest BCUT2D eigenvalue weighted by Crippen LogP contribution is 2.24. The monoisotopic (exact) mass is 228 g/mol. The van der Waals surface area contributed by atoms with Crippen LogP contribution in [0, 0.1) is 11.8 Å². The topological polar surface area (TPSA) is 46.3 Å². The maximum absolute atomic E-state index is 11.6. The average Bonchev–Trinajstić information content (AvgIpc) is 2.17. The zero-order valence-electron chi connectivity index (χ0n) is 9.53. The highest BCUT2D eigenvalue weighted by atomic mass is 32.1. The van der Waals surface area contributed by atoms with Crippen LogP contribution in [0.5, 0.6) is 0 Å². The lowest BCUT2D eigenvalue weighted by Gasteiger charge is -2.33. The molecule has 4 heteroatoms. The van der Waals surface area contributed by atoms with Crippen molar-refractivity contribution in [3.8, 4) is 0 Å². The van der Waals surface area contributed by atoms with Gasteiger partial charge in [0.15, 0.2) is 0 Å². The predicted molar refractivity (Wildman–Crippen MR) is 65.5 cm³/mol. The molecule has 0 aromatic rings. The Kier molecular flexibility index (Phi) is 4.51. The summed E-state index contributed by atoms with van der Waals surface area (Å²) >= 11 is 4.74. The first-order valence-electron chi connectivity index (χ1n) is 5.56. The third-order valence-electron chi connectivity index (χ3n) is 3.16. The van der Waals surface area contributed by atoms with Crippen molar-refractivity contribution < 1.29 is 4.79 Å². The van der Waals surface area contributed by atoms with Gasteiger partial charge in [-0.3, -0.25) is 4.79 Å². The van der Waals surface area contributed by atoms with Gasteiger partial charge < -0.3 is 10.6 Å². The Morgan fingerprint density at radius 1 is 1.47 bits per heavy atom. The first-order valence-corrected chi connectivity index (χ1v) is 5.97. The van der Waals surface area contributed by atoms with Crippen molar-refractivity contribution in [3.63, 3.8) is 0 Å². The van der Waals surface area contributed by atoms with E-state index in [1.165, 1.54) is 0 Å². The Morgan fingerprint density at radius 2 is 2.00 bits per heavy atom. The SMILES string of the molecule is CC(C)C1CCN(C(=O)CC(N)=S)CC1. The molecule has 0 aliphatic carbocycles. The number of piperidine rings is 1. The number of nitrogens with two attached hydrogens (primary N) is 1. The highest BCUT2D eigenvalue weighted by molar-refractivity contribution is 7.80. The maximum Gasteiger partial charge on any atom is 0.229 e. The lowest BCUT2D eigenvalue weighted by atomic mass is 9.86. The molecule has 0 unspecified atom stereocenters. The number of hydrogen-bond acceptors (Lipinski definition) is 2. The number of thiocarbonyl (C=S) groups is 1. The molecule has 0 aromatic carbocycles. The van der Waals surface area contributed by atoms with Crippen LogP contribution in [0.25, 0.3) is 0 Å². The van der Waals surface area contributed by atoms with Gasteiger partial charge in [-0.15, -0.1) is 0 Å². The van der Waals surface area contributed by atoms with Crippen LogP contribution in [0.2, 0.25) is 0 Å². The van der Waals surface area contributed by atoms with Crippen LogP contribution < -0.4 is 5.73 Å². The number of likely N-dealkylation sites (tertiary alicyclic amines) is 1. The van der Waals surface area contributed by atoms with Gasteiger partial charge in [-0.05, 0) is 24.7 Å². The Morgan fingerprint density at radius 3 is 2.40 bits per heavy atom. The van der Waals surface area contributed by atoms with Gasteiger partial charge >= 0.3 is 0 Å². The molecule has 15 heavy (non-hydrogen) atoms. The molecule has 0 aromatic heterocycles. The second-order valence-electron chi connectivity index (χ2n) is 4.61. The number of carbonyl (C=O) groups excluding carboxylic acids is 1. The standard InChI is InChI=1S/C11H20N2OS/c1-8(2)9-3-5-13(6-4-9)11(14)7-10(12)15/h8-9H,3-7H2,1-2H3,(H2,12,15). The van der Waals surface area contributed by atoms with E-state index >= 15 is 0 Å². The predicted octanol–water partition coefficient (Wildman–Crippen LogP) is 1.56. The molecule has 1 amide bonds. The number of hydrogen-bond donors (Lipinski definition) is 1. The van der Waals surface area contributed by atoms with E-state index in [9.17, 15) is 4.79 Å². The molecule has 2 N–H and O–H groups in total. The number of amides is 1. The summed E-state index contributed by atoms with van der Waals surface area (Å²) in [6.45, 7) is 6.23. The third kappa shape index (κ3) is 3.78. The number of rotatable bonds is 3. The Bertz CT molecular complexity index is 245. The van der Waals surface area contributed by atoms with Crippen molar-refractivity contribution in [2.45, 2.75) is 33.1 Å². The molecule has 1 fully saturated rings. The minimum atomic E-state index is 0.0877. The van der Waals surface area contributed by atoms with Crippen LogP contribution in [0.3, 0.4) is 0 Å². The summed E-state index contributed by atoms with van der Waals surface area (Å²) in [6, 6.07) is 0. The van der Waals surface area contributed by atoms with E-state index in [0.29, 0.717) is 4.99 Å². The second kappa shape index (κ2) is 5.45. The van der Waals surface area contributed by atoms with Crippen molar-refractivity contribution in [1.29, 1.82) is 0 Å². The summed E-state index contributed by atoms with van der Waals surface area (Å²) in [5, 5.41) is 0. The first-order chi connectivity index (χ1) is 7.00. The number of nitrogens with zero attached hydrogens (tertiary/aromatic N) is 1. The molecule has 0 radical (unpaired) electrons. The summed E-state index contributed by atoms with van der Waals surface area (Å²) in [7, 11) is 0. The lowest BCUT2D eigenvalue weighted by Crippen LogP contribution is -2.40. The van der Waals surface area contributed by atoms with Crippen molar-refractivity contribution >= 4 is 23.1 Å². The molecule has 1 aliphatic rings. The van der Waals surface area contributed by atoms with Crippen LogP contribution in [-0.4, -0.2) is 28.9 Å². The van der Waals surface area contributed by atoms with E-state index in [-0.39, 0.29) is 12.3 Å². The van der Waals surface area contributed by atoms with Crippen LogP contribution in [0.1, 0.15) is 33.1 Å². The Balaban J connectivity index is 2.37. The molecule has 0 spiro atoms. The Hall–Kier alpha value is -0.640. The van der Waals surface area contributed by atoms with Crippen LogP contribution in [-0.2, 0) is 4.79 Å². The molecule has 1 rings (SSSR count).